The van der Waals surface area contributed by atoms with E-state index in [0.29, 0.717) is 10.9 Å². The van der Waals surface area contributed by atoms with Crippen LogP contribution in [-0.2, 0) is 6.54 Å². The maximum absolute atomic E-state index is 11.4. The summed E-state index contributed by atoms with van der Waals surface area (Å²) in [6.07, 6.45) is 4.60. The lowest BCUT2D eigenvalue weighted by Crippen LogP contribution is -2.44. The fourth-order valence-electron chi connectivity index (χ4n) is 2.54. The molecule has 1 unspecified atom stereocenters. The first kappa shape index (κ1) is 15.0. The summed E-state index contributed by atoms with van der Waals surface area (Å²) in [7, 11) is 0. The molecule has 0 N–H and O–H groups in total. The Bertz CT molecular complexity index is 591. The van der Waals surface area contributed by atoms with Crippen molar-refractivity contribution in [3.05, 3.63) is 29.3 Å². The van der Waals surface area contributed by atoms with E-state index in [1.165, 1.54) is 24.2 Å². The van der Waals surface area contributed by atoms with Crippen molar-refractivity contribution < 1.29 is 14.5 Å². The molecule has 20 heavy (non-hydrogen) atoms. The molecule has 0 bridgehead atoms. The zero-order valence-electron chi connectivity index (χ0n) is 12.1. The number of hydrogen-bond donors (Lipinski definition) is 0. The summed E-state index contributed by atoms with van der Waals surface area (Å²) in [6.45, 7) is 5.13. The van der Waals surface area contributed by atoms with Crippen LogP contribution in [0.15, 0.2) is 24.3 Å². The third-order valence-corrected chi connectivity index (χ3v) is 4.91. The number of unbranched alkanes of at least 4 members (excludes halogenated alkanes) is 1. The van der Waals surface area contributed by atoms with Crippen LogP contribution in [0.3, 0.4) is 0 Å². The third kappa shape index (κ3) is 3.18. The number of hydrogen-bond acceptors (Lipinski definition) is 3. The first-order valence-electron chi connectivity index (χ1n) is 7.30. The maximum atomic E-state index is 11.4. The first-order valence-corrected chi connectivity index (χ1v) is 8.11. The highest BCUT2D eigenvalue weighted by molar-refractivity contribution is 7.19. The highest BCUT2D eigenvalue weighted by Crippen LogP contribution is 2.22. The van der Waals surface area contributed by atoms with Crippen molar-refractivity contribution in [1.29, 1.82) is 0 Å². The van der Waals surface area contributed by atoms with Crippen LogP contribution in [0.4, 0.5) is 0 Å². The number of nitrogens with zero attached hydrogens (tertiary/aromatic N) is 1. The average Bonchev–Trinajstić information content (AvgIpc) is 2.82. The number of aromatic carboxylic acids is 1. The molecule has 0 spiro atoms. The van der Waals surface area contributed by atoms with Crippen LogP contribution in [0.1, 0.15) is 49.3 Å². The molecule has 1 heterocycles. The Labute approximate surface area is 123 Å². The van der Waals surface area contributed by atoms with Gasteiger partial charge in [0.1, 0.15) is 4.70 Å². The molecule has 4 heteroatoms. The van der Waals surface area contributed by atoms with Crippen molar-refractivity contribution in [3.8, 4) is 0 Å². The molecule has 0 fully saturated rings. The first-order chi connectivity index (χ1) is 9.67. The van der Waals surface area contributed by atoms with Gasteiger partial charge in [-0.15, -0.1) is 0 Å². The Balaban J connectivity index is 2.35. The fourth-order valence-corrected chi connectivity index (χ4v) is 3.55. The van der Waals surface area contributed by atoms with E-state index >= 15 is 0 Å². The van der Waals surface area contributed by atoms with E-state index in [9.17, 15) is 9.90 Å². The molecule has 0 radical (unpaired) electrons. The lowest BCUT2D eigenvalue weighted by atomic mass is 9.99. The minimum atomic E-state index is -1.07. The summed E-state index contributed by atoms with van der Waals surface area (Å²) in [5.74, 6) is -0.549. The van der Waals surface area contributed by atoms with Crippen LogP contribution >= 0.6 is 11.3 Å². The third-order valence-electron chi connectivity index (χ3n) is 3.77. The number of carbonyl (C=O) groups excluding carboxylic acids is 1. The van der Waals surface area contributed by atoms with Gasteiger partial charge in [0, 0.05) is 12.0 Å². The molecule has 0 aliphatic rings. The molecule has 2 aromatic rings. The molecular formula is C16H21NO2S. The van der Waals surface area contributed by atoms with Crippen LogP contribution in [0, 0.1) is 5.92 Å². The minimum absolute atomic E-state index is 0.334. The molecule has 3 nitrogen and oxygen atoms in total. The number of carboxylic acid groups (broad SMARTS) is 1. The van der Waals surface area contributed by atoms with Gasteiger partial charge < -0.3 is 9.90 Å². The Morgan fingerprint density at radius 1 is 1.35 bits per heavy atom. The van der Waals surface area contributed by atoms with Gasteiger partial charge in [-0.05, 0) is 18.9 Å². The van der Waals surface area contributed by atoms with Gasteiger partial charge in [-0.1, -0.05) is 50.2 Å². The molecule has 108 valence electrons. The van der Waals surface area contributed by atoms with Crippen LogP contribution in [-0.4, -0.2) is 5.97 Å². The monoisotopic (exact) mass is 291 g/mol. The van der Waals surface area contributed by atoms with Gasteiger partial charge in [0.05, 0.1) is 0 Å². The van der Waals surface area contributed by atoms with Gasteiger partial charge in [0.25, 0.3) is 5.01 Å². The lowest BCUT2D eigenvalue weighted by molar-refractivity contribution is -0.678. The van der Waals surface area contributed by atoms with Crippen molar-refractivity contribution in [2.24, 2.45) is 5.92 Å². The van der Waals surface area contributed by atoms with Crippen molar-refractivity contribution in [3.63, 3.8) is 0 Å². The SMILES string of the molecule is CCCCC(CC)C[n+]1c(C(=O)[O-])sc2ccccc21. The Hall–Kier alpha value is -1.42. The zero-order valence-corrected chi connectivity index (χ0v) is 12.9. The second-order valence-corrected chi connectivity index (χ2v) is 6.22. The van der Waals surface area contributed by atoms with E-state index in [0.717, 1.165) is 29.6 Å². The maximum Gasteiger partial charge on any atom is 0.285 e. The zero-order chi connectivity index (χ0) is 14.5. The number of thiazole rings is 1. The van der Waals surface area contributed by atoms with Gasteiger partial charge in [0.15, 0.2) is 12.5 Å². The molecule has 0 aliphatic heterocycles. The van der Waals surface area contributed by atoms with E-state index in [1.807, 2.05) is 28.8 Å². The van der Waals surface area contributed by atoms with E-state index in [1.54, 1.807) is 0 Å². The summed E-state index contributed by atoms with van der Waals surface area (Å²) < 4.78 is 2.94. The quantitative estimate of drug-likeness (QED) is 0.736. The van der Waals surface area contributed by atoms with Gasteiger partial charge in [-0.25, -0.2) is 0 Å². The molecule has 0 aliphatic carbocycles. The molecule has 0 saturated carbocycles. The average molecular weight is 291 g/mol. The van der Waals surface area contributed by atoms with Gasteiger partial charge in [-0.3, -0.25) is 0 Å². The second kappa shape index (κ2) is 6.84. The van der Waals surface area contributed by atoms with Crippen molar-refractivity contribution >= 4 is 27.5 Å². The summed E-state index contributed by atoms with van der Waals surface area (Å²) >= 11 is 1.31. The van der Waals surface area contributed by atoms with E-state index in [4.69, 9.17) is 0 Å². The predicted octanol–water partition coefficient (Wildman–Crippen LogP) is 2.77. The number of aromatic nitrogens is 1. The predicted molar refractivity (Wildman–Crippen MR) is 79.7 cm³/mol. The largest absolute Gasteiger partial charge is 0.539 e. The Morgan fingerprint density at radius 2 is 2.10 bits per heavy atom. The van der Waals surface area contributed by atoms with Crippen molar-refractivity contribution in [2.75, 3.05) is 0 Å². The number of carbonyl (C=O) groups is 1. The van der Waals surface area contributed by atoms with Crippen molar-refractivity contribution in [2.45, 2.75) is 46.1 Å². The highest BCUT2D eigenvalue weighted by Gasteiger charge is 2.23. The van der Waals surface area contributed by atoms with E-state index in [2.05, 4.69) is 13.8 Å². The Morgan fingerprint density at radius 3 is 2.75 bits per heavy atom. The molecule has 2 rings (SSSR count). The summed E-state index contributed by atoms with van der Waals surface area (Å²) in [4.78, 5) is 11.4. The molecule has 0 saturated heterocycles. The summed E-state index contributed by atoms with van der Waals surface area (Å²) in [6, 6.07) is 7.86. The topological polar surface area (TPSA) is 44.0 Å². The van der Waals surface area contributed by atoms with Crippen LogP contribution in [0.2, 0.25) is 0 Å². The molecule has 1 atom stereocenters. The smallest absolute Gasteiger partial charge is 0.285 e. The van der Waals surface area contributed by atoms with Crippen molar-refractivity contribution in [1.82, 2.24) is 0 Å². The molecular weight excluding hydrogens is 270 g/mol. The fraction of sp³-hybridized carbons (Fsp3) is 0.500. The second-order valence-electron chi connectivity index (χ2n) is 5.19. The summed E-state index contributed by atoms with van der Waals surface area (Å²) in [5, 5.41) is 11.7. The van der Waals surface area contributed by atoms with Gasteiger partial charge in [-0.2, -0.15) is 4.57 Å². The lowest BCUT2D eigenvalue weighted by Gasteiger charge is -2.11. The molecule has 1 aromatic heterocycles. The highest BCUT2D eigenvalue weighted by atomic mass is 32.1. The van der Waals surface area contributed by atoms with Gasteiger partial charge in [0.2, 0.25) is 5.52 Å². The minimum Gasteiger partial charge on any atom is -0.539 e. The van der Waals surface area contributed by atoms with Gasteiger partial charge >= 0.3 is 0 Å². The number of carboxylic acids is 1. The number of para-hydroxylation sites is 1. The standard InChI is InChI=1S/C16H21NO2S/c1-3-5-8-12(4-2)11-17-13-9-6-7-10-14(13)20-15(17)16(18)19/h6-7,9-10,12H,3-5,8,11H2,1-2H3. The number of fused-ring (bicyclic) bond motifs is 1. The Kier molecular flexibility index (Phi) is 5.12. The molecule has 1 aromatic carbocycles. The van der Waals surface area contributed by atoms with Crippen LogP contribution in [0.25, 0.3) is 10.2 Å². The van der Waals surface area contributed by atoms with Crippen LogP contribution < -0.4 is 9.67 Å². The number of benzene rings is 1. The van der Waals surface area contributed by atoms with Crippen LogP contribution in [0.5, 0.6) is 0 Å². The number of rotatable bonds is 7. The molecule has 0 amide bonds. The summed E-state index contributed by atoms with van der Waals surface area (Å²) in [5.41, 5.74) is 1.01. The van der Waals surface area contributed by atoms with E-state index in [-0.39, 0.29) is 0 Å². The normalized spacial score (nSPS) is 12.7. The van der Waals surface area contributed by atoms with E-state index < -0.39 is 5.97 Å².